The summed E-state index contributed by atoms with van der Waals surface area (Å²) in [5.41, 5.74) is -0.111. The lowest BCUT2D eigenvalue weighted by Crippen LogP contribution is -2.07. The third kappa shape index (κ3) is 6.24. The number of anilines is 1. The Balaban J connectivity index is 2.38. The van der Waals surface area contributed by atoms with Crippen molar-refractivity contribution in [3.05, 3.63) is 33.1 Å². The van der Waals surface area contributed by atoms with Gasteiger partial charge in [0.2, 0.25) is 0 Å². The number of nitrogens with one attached hydrogen (secondary N) is 1. The molecule has 0 amide bonds. The molecular weight excluding hydrogens is 303 g/mol. The number of hydrogen-bond acceptors (Lipinski definition) is 5. The maximum Gasteiger partial charge on any atom is 0.294 e. The summed E-state index contributed by atoms with van der Waals surface area (Å²) in [7, 11) is 1.60. The molecule has 0 heterocycles. The molecule has 0 radical (unpaired) electrons. The standard InChI is InChI=1S/C13H18ClFN2O4/c1-20-6-7-21-5-3-2-4-16-12-9-11(15)10(14)8-13(12)17(18)19/h8-9,16H,2-7H2,1H3. The van der Waals surface area contributed by atoms with Gasteiger partial charge in [-0.3, -0.25) is 10.1 Å². The highest BCUT2D eigenvalue weighted by molar-refractivity contribution is 6.31. The summed E-state index contributed by atoms with van der Waals surface area (Å²) in [4.78, 5) is 10.3. The molecule has 1 aromatic carbocycles. The predicted octanol–water partition coefficient (Wildman–Crippen LogP) is 3.24. The van der Waals surface area contributed by atoms with Gasteiger partial charge in [0, 0.05) is 32.4 Å². The number of nitro groups is 1. The van der Waals surface area contributed by atoms with Crippen molar-refractivity contribution in [3.63, 3.8) is 0 Å². The molecule has 0 bridgehead atoms. The first-order valence-corrected chi connectivity index (χ1v) is 6.88. The average molecular weight is 321 g/mol. The molecule has 0 aliphatic carbocycles. The highest BCUT2D eigenvalue weighted by atomic mass is 35.5. The summed E-state index contributed by atoms with van der Waals surface area (Å²) in [6.07, 6.45) is 1.54. The Morgan fingerprint density at radius 1 is 1.33 bits per heavy atom. The van der Waals surface area contributed by atoms with Crippen LogP contribution in [0.1, 0.15) is 12.8 Å². The van der Waals surface area contributed by atoms with E-state index in [0.717, 1.165) is 25.0 Å². The number of unbranched alkanes of at least 4 members (excludes halogenated alkanes) is 1. The molecule has 1 rings (SSSR count). The molecule has 0 aliphatic rings. The van der Waals surface area contributed by atoms with Crippen molar-refractivity contribution in [1.29, 1.82) is 0 Å². The second kappa shape index (κ2) is 9.49. The van der Waals surface area contributed by atoms with Crippen molar-refractivity contribution in [2.45, 2.75) is 12.8 Å². The molecule has 0 fully saturated rings. The van der Waals surface area contributed by atoms with Gasteiger partial charge in [-0.2, -0.15) is 0 Å². The highest BCUT2D eigenvalue weighted by Crippen LogP contribution is 2.30. The molecule has 0 aliphatic heterocycles. The van der Waals surface area contributed by atoms with Gasteiger partial charge in [0.1, 0.15) is 11.5 Å². The monoisotopic (exact) mass is 320 g/mol. The van der Waals surface area contributed by atoms with Gasteiger partial charge in [0.25, 0.3) is 5.69 Å². The SMILES string of the molecule is COCCOCCCCNc1cc(F)c(Cl)cc1[N+](=O)[O-]. The summed E-state index contributed by atoms with van der Waals surface area (Å²) in [6, 6.07) is 2.04. The minimum Gasteiger partial charge on any atom is -0.382 e. The second-order valence-corrected chi connectivity index (χ2v) is 4.69. The lowest BCUT2D eigenvalue weighted by atomic mass is 10.2. The van der Waals surface area contributed by atoms with Crippen LogP contribution in [-0.2, 0) is 9.47 Å². The Morgan fingerprint density at radius 2 is 2.10 bits per heavy atom. The van der Waals surface area contributed by atoms with Crippen molar-refractivity contribution in [2.24, 2.45) is 0 Å². The largest absolute Gasteiger partial charge is 0.382 e. The molecular formula is C13H18ClFN2O4. The number of hydrogen-bond donors (Lipinski definition) is 1. The van der Waals surface area contributed by atoms with E-state index < -0.39 is 10.7 Å². The van der Waals surface area contributed by atoms with E-state index >= 15 is 0 Å². The number of nitrogens with zero attached hydrogens (tertiary/aromatic N) is 1. The fourth-order valence-corrected chi connectivity index (χ4v) is 1.78. The van der Waals surface area contributed by atoms with E-state index in [-0.39, 0.29) is 16.4 Å². The Labute approximate surface area is 127 Å². The minimum atomic E-state index is -0.687. The third-order valence-electron chi connectivity index (χ3n) is 2.70. The van der Waals surface area contributed by atoms with Crippen LogP contribution in [0.4, 0.5) is 15.8 Å². The number of benzene rings is 1. The van der Waals surface area contributed by atoms with Crippen molar-refractivity contribution < 1.29 is 18.8 Å². The van der Waals surface area contributed by atoms with Crippen molar-refractivity contribution >= 4 is 23.0 Å². The van der Waals surface area contributed by atoms with Crippen LogP contribution in [-0.4, -0.2) is 38.4 Å². The molecule has 0 saturated carbocycles. The van der Waals surface area contributed by atoms with Crippen LogP contribution < -0.4 is 5.32 Å². The van der Waals surface area contributed by atoms with Gasteiger partial charge in [0.15, 0.2) is 0 Å². The fourth-order valence-electron chi connectivity index (χ4n) is 1.63. The summed E-state index contributed by atoms with van der Waals surface area (Å²) in [5.74, 6) is -0.687. The maximum atomic E-state index is 13.3. The van der Waals surface area contributed by atoms with E-state index in [9.17, 15) is 14.5 Å². The molecule has 0 atom stereocenters. The maximum absolute atomic E-state index is 13.3. The summed E-state index contributed by atoms with van der Waals surface area (Å²) in [6.45, 7) is 2.16. The van der Waals surface area contributed by atoms with Crippen LogP contribution in [0.5, 0.6) is 0 Å². The first kappa shape index (κ1) is 17.6. The van der Waals surface area contributed by atoms with Crippen LogP contribution in [0.15, 0.2) is 12.1 Å². The average Bonchev–Trinajstić information content (AvgIpc) is 2.44. The number of ether oxygens (including phenoxy) is 2. The summed E-state index contributed by atoms with van der Waals surface area (Å²) >= 11 is 5.54. The van der Waals surface area contributed by atoms with Crippen molar-refractivity contribution in [1.82, 2.24) is 0 Å². The number of rotatable bonds is 10. The smallest absolute Gasteiger partial charge is 0.294 e. The van der Waals surface area contributed by atoms with Gasteiger partial charge in [-0.1, -0.05) is 11.6 Å². The normalized spacial score (nSPS) is 10.6. The van der Waals surface area contributed by atoms with E-state index in [1.54, 1.807) is 7.11 Å². The van der Waals surface area contributed by atoms with E-state index in [2.05, 4.69) is 5.32 Å². The van der Waals surface area contributed by atoms with Crippen LogP contribution in [0.25, 0.3) is 0 Å². The molecule has 21 heavy (non-hydrogen) atoms. The summed E-state index contributed by atoms with van der Waals surface area (Å²) < 4.78 is 23.5. The van der Waals surface area contributed by atoms with E-state index in [1.165, 1.54) is 0 Å². The zero-order valence-corrected chi connectivity index (χ0v) is 12.5. The van der Waals surface area contributed by atoms with Gasteiger partial charge in [0.05, 0.1) is 23.2 Å². The lowest BCUT2D eigenvalue weighted by Gasteiger charge is -2.08. The van der Waals surface area contributed by atoms with E-state index in [0.29, 0.717) is 26.4 Å². The van der Waals surface area contributed by atoms with Crippen LogP contribution in [0.2, 0.25) is 5.02 Å². The third-order valence-corrected chi connectivity index (χ3v) is 2.99. The molecule has 0 saturated heterocycles. The Hall–Kier alpha value is -1.44. The molecule has 0 aromatic heterocycles. The van der Waals surface area contributed by atoms with Gasteiger partial charge in [-0.15, -0.1) is 0 Å². The molecule has 0 unspecified atom stereocenters. The van der Waals surface area contributed by atoms with Gasteiger partial charge >= 0.3 is 0 Å². The van der Waals surface area contributed by atoms with Gasteiger partial charge in [-0.25, -0.2) is 4.39 Å². The second-order valence-electron chi connectivity index (χ2n) is 4.28. The molecule has 1 aromatic rings. The topological polar surface area (TPSA) is 73.6 Å². The quantitative estimate of drug-likeness (QED) is 0.407. The molecule has 1 N–H and O–H groups in total. The molecule has 0 spiro atoms. The number of methoxy groups -OCH3 is 1. The number of nitro benzene ring substituents is 1. The zero-order valence-electron chi connectivity index (χ0n) is 11.7. The van der Waals surface area contributed by atoms with E-state index in [1.807, 2.05) is 0 Å². The summed E-state index contributed by atoms with van der Waals surface area (Å²) in [5, 5.41) is 13.5. The molecule has 118 valence electrons. The van der Waals surface area contributed by atoms with Crippen LogP contribution in [0.3, 0.4) is 0 Å². The fraction of sp³-hybridized carbons (Fsp3) is 0.538. The lowest BCUT2D eigenvalue weighted by molar-refractivity contribution is -0.384. The van der Waals surface area contributed by atoms with Crippen molar-refractivity contribution in [3.8, 4) is 0 Å². The Kier molecular flexibility index (Phi) is 7.96. The van der Waals surface area contributed by atoms with Gasteiger partial charge < -0.3 is 14.8 Å². The minimum absolute atomic E-state index is 0.127. The molecule has 8 heteroatoms. The molecule has 6 nitrogen and oxygen atoms in total. The zero-order chi connectivity index (χ0) is 15.7. The van der Waals surface area contributed by atoms with Crippen LogP contribution in [0, 0.1) is 15.9 Å². The Morgan fingerprint density at radius 3 is 2.76 bits per heavy atom. The van der Waals surface area contributed by atoms with E-state index in [4.69, 9.17) is 21.1 Å². The highest BCUT2D eigenvalue weighted by Gasteiger charge is 2.17. The predicted molar refractivity (Wildman–Crippen MR) is 78.5 cm³/mol. The first-order chi connectivity index (χ1) is 10.1. The Bertz CT molecular complexity index is 474. The van der Waals surface area contributed by atoms with Crippen molar-refractivity contribution in [2.75, 3.05) is 38.8 Å². The number of halogens is 2. The first-order valence-electron chi connectivity index (χ1n) is 6.50. The van der Waals surface area contributed by atoms with Crippen LogP contribution >= 0.6 is 11.6 Å². The van der Waals surface area contributed by atoms with Gasteiger partial charge in [-0.05, 0) is 12.8 Å².